The predicted octanol–water partition coefficient (Wildman–Crippen LogP) is 3.92. The first kappa shape index (κ1) is 12.5. The van der Waals surface area contributed by atoms with Crippen molar-refractivity contribution in [3.8, 4) is 5.75 Å². The minimum Gasteiger partial charge on any atom is -0.493 e. The Balaban J connectivity index is 1.72. The van der Waals surface area contributed by atoms with Crippen LogP contribution in [0, 0.1) is 6.92 Å². The molecule has 3 nitrogen and oxygen atoms in total. The molecule has 106 valence electrons. The number of para-hydroxylation sites is 1. The van der Waals surface area contributed by atoms with Gasteiger partial charge in [0, 0.05) is 16.9 Å². The summed E-state index contributed by atoms with van der Waals surface area (Å²) in [5.74, 6) is 1.90. The fourth-order valence-corrected chi connectivity index (χ4v) is 3.03. The molecule has 21 heavy (non-hydrogen) atoms. The Hall–Kier alpha value is -2.26. The molecule has 2 atom stereocenters. The van der Waals surface area contributed by atoms with Gasteiger partial charge >= 0.3 is 0 Å². The molecule has 0 saturated heterocycles. The van der Waals surface area contributed by atoms with E-state index in [9.17, 15) is 0 Å². The fourth-order valence-electron chi connectivity index (χ4n) is 3.03. The first-order chi connectivity index (χ1) is 10.2. The molecule has 0 aliphatic carbocycles. The highest BCUT2D eigenvalue weighted by Gasteiger charge is 2.31. The van der Waals surface area contributed by atoms with E-state index in [0.29, 0.717) is 6.61 Å². The first-order valence-corrected chi connectivity index (χ1v) is 7.20. The van der Waals surface area contributed by atoms with Crippen molar-refractivity contribution in [3.63, 3.8) is 0 Å². The molecule has 0 amide bonds. The lowest BCUT2D eigenvalue weighted by Gasteiger charge is -2.15. The molecule has 2 aromatic carbocycles. The van der Waals surface area contributed by atoms with E-state index in [2.05, 4.69) is 25.1 Å². The first-order valence-electron chi connectivity index (χ1n) is 7.20. The molecule has 0 saturated carbocycles. The highest BCUT2D eigenvalue weighted by molar-refractivity contribution is 5.78. The molecule has 0 bridgehead atoms. The van der Waals surface area contributed by atoms with Crippen LogP contribution >= 0.6 is 0 Å². The van der Waals surface area contributed by atoms with E-state index in [-0.39, 0.29) is 12.0 Å². The third-order valence-corrected chi connectivity index (χ3v) is 4.19. The average Bonchev–Trinajstić information content (AvgIpc) is 3.09. The Morgan fingerprint density at radius 2 is 2.00 bits per heavy atom. The molecular weight excluding hydrogens is 262 g/mol. The summed E-state index contributed by atoms with van der Waals surface area (Å²) in [5.41, 5.74) is 9.72. The number of benzene rings is 2. The molecule has 3 heteroatoms. The molecule has 2 unspecified atom stereocenters. The summed E-state index contributed by atoms with van der Waals surface area (Å²) in [7, 11) is 0. The van der Waals surface area contributed by atoms with Crippen molar-refractivity contribution in [2.24, 2.45) is 5.73 Å². The van der Waals surface area contributed by atoms with Gasteiger partial charge in [-0.2, -0.15) is 0 Å². The average molecular weight is 279 g/mol. The number of aryl methyl sites for hydroxylation is 1. The third kappa shape index (κ3) is 2.01. The quantitative estimate of drug-likeness (QED) is 0.773. The number of hydrogen-bond donors (Lipinski definition) is 1. The van der Waals surface area contributed by atoms with Gasteiger partial charge in [0.05, 0.1) is 12.6 Å². The van der Waals surface area contributed by atoms with E-state index in [1.54, 1.807) is 0 Å². The van der Waals surface area contributed by atoms with Gasteiger partial charge in [-0.1, -0.05) is 29.8 Å². The van der Waals surface area contributed by atoms with E-state index in [1.807, 2.05) is 30.3 Å². The zero-order valence-corrected chi connectivity index (χ0v) is 11.9. The SMILES string of the molecule is Cc1ccc2oc(C(N)C3COc4ccccc43)cc2c1. The molecule has 1 aliphatic heterocycles. The minimum atomic E-state index is -0.193. The highest BCUT2D eigenvalue weighted by atomic mass is 16.5. The van der Waals surface area contributed by atoms with E-state index < -0.39 is 0 Å². The second kappa shape index (κ2) is 4.64. The summed E-state index contributed by atoms with van der Waals surface area (Å²) < 4.78 is 11.7. The second-order valence-corrected chi connectivity index (χ2v) is 5.67. The Labute approximate surface area is 123 Å². The molecule has 0 spiro atoms. The molecule has 3 aromatic rings. The zero-order chi connectivity index (χ0) is 14.4. The summed E-state index contributed by atoms with van der Waals surface area (Å²) in [4.78, 5) is 0. The number of furan rings is 1. The summed E-state index contributed by atoms with van der Waals surface area (Å²) in [6, 6.07) is 16.1. The fraction of sp³-hybridized carbons (Fsp3) is 0.222. The second-order valence-electron chi connectivity index (χ2n) is 5.67. The van der Waals surface area contributed by atoms with Crippen LogP contribution in [0.2, 0.25) is 0 Å². The van der Waals surface area contributed by atoms with Gasteiger partial charge in [0.1, 0.15) is 17.1 Å². The predicted molar refractivity (Wildman–Crippen MR) is 82.6 cm³/mol. The van der Waals surface area contributed by atoms with Crippen LogP contribution in [-0.4, -0.2) is 6.61 Å². The molecule has 2 N–H and O–H groups in total. The summed E-state index contributed by atoms with van der Waals surface area (Å²) in [6.45, 7) is 2.68. The van der Waals surface area contributed by atoms with Crippen LogP contribution in [0.15, 0.2) is 52.9 Å². The summed E-state index contributed by atoms with van der Waals surface area (Å²) in [6.07, 6.45) is 0. The van der Waals surface area contributed by atoms with E-state index >= 15 is 0 Å². The lowest BCUT2D eigenvalue weighted by Crippen LogP contribution is -2.20. The van der Waals surface area contributed by atoms with Crippen LogP contribution in [0.25, 0.3) is 11.0 Å². The van der Waals surface area contributed by atoms with Gasteiger partial charge in [-0.05, 0) is 31.2 Å². The summed E-state index contributed by atoms with van der Waals surface area (Å²) in [5, 5.41) is 1.10. The van der Waals surface area contributed by atoms with Crippen LogP contribution in [0.5, 0.6) is 5.75 Å². The molecule has 1 aliphatic rings. The maximum atomic E-state index is 6.44. The zero-order valence-electron chi connectivity index (χ0n) is 11.9. The van der Waals surface area contributed by atoms with Gasteiger partial charge in [0.25, 0.3) is 0 Å². The van der Waals surface area contributed by atoms with Crippen molar-refractivity contribution in [1.29, 1.82) is 0 Å². The Kier molecular flexibility index (Phi) is 2.76. The van der Waals surface area contributed by atoms with Crippen molar-refractivity contribution < 1.29 is 9.15 Å². The molecular formula is C18H17NO2. The molecule has 4 rings (SSSR count). The standard InChI is InChI=1S/C18H17NO2/c1-11-6-7-15-12(8-11)9-17(21-15)18(19)14-10-20-16-5-3-2-4-13(14)16/h2-9,14,18H,10,19H2,1H3. The van der Waals surface area contributed by atoms with Gasteiger partial charge in [-0.3, -0.25) is 0 Å². The highest BCUT2D eigenvalue weighted by Crippen LogP contribution is 2.41. The number of hydrogen-bond acceptors (Lipinski definition) is 3. The van der Waals surface area contributed by atoms with Gasteiger partial charge in [0.2, 0.25) is 0 Å². The maximum absolute atomic E-state index is 6.44. The number of rotatable bonds is 2. The van der Waals surface area contributed by atoms with Crippen molar-refractivity contribution in [1.82, 2.24) is 0 Å². The van der Waals surface area contributed by atoms with Crippen LogP contribution in [0.1, 0.15) is 28.8 Å². The van der Waals surface area contributed by atoms with Gasteiger partial charge in [-0.15, -0.1) is 0 Å². The normalized spacial score (nSPS) is 18.5. The summed E-state index contributed by atoms with van der Waals surface area (Å²) >= 11 is 0. The molecule has 1 aromatic heterocycles. The molecule has 0 radical (unpaired) electrons. The Morgan fingerprint density at radius 1 is 1.14 bits per heavy atom. The minimum absolute atomic E-state index is 0.142. The smallest absolute Gasteiger partial charge is 0.134 e. The topological polar surface area (TPSA) is 48.4 Å². The lowest BCUT2D eigenvalue weighted by atomic mass is 9.92. The van der Waals surface area contributed by atoms with E-state index in [1.165, 1.54) is 11.1 Å². The van der Waals surface area contributed by atoms with Gasteiger partial charge in [-0.25, -0.2) is 0 Å². The van der Waals surface area contributed by atoms with Crippen molar-refractivity contribution in [2.45, 2.75) is 18.9 Å². The van der Waals surface area contributed by atoms with Crippen LogP contribution in [-0.2, 0) is 0 Å². The van der Waals surface area contributed by atoms with Gasteiger partial charge < -0.3 is 14.9 Å². The molecule has 0 fully saturated rings. The number of fused-ring (bicyclic) bond motifs is 2. The van der Waals surface area contributed by atoms with Crippen LogP contribution < -0.4 is 10.5 Å². The van der Waals surface area contributed by atoms with Crippen LogP contribution in [0.3, 0.4) is 0 Å². The Morgan fingerprint density at radius 3 is 2.90 bits per heavy atom. The van der Waals surface area contributed by atoms with Crippen LogP contribution in [0.4, 0.5) is 0 Å². The number of nitrogens with two attached hydrogens (primary N) is 1. The third-order valence-electron chi connectivity index (χ3n) is 4.19. The van der Waals surface area contributed by atoms with E-state index in [4.69, 9.17) is 14.9 Å². The lowest BCUT2D eigenvalue weighted by molar-refractivity contribution is 0.305. The largest absolute Gasteiger partial charge is 0.493 e. The maximum Gasteiger partial charge on any atom is 0.134 e. The van der Waals surface area contributed by atoms with Crippen molar-refractivity contribution in [3.05, 3.63) is 65.4 Å². The number of ether oxygens (including phenoxy) is 1. The van der Waals surface area contributed by atoms with E-state index in [0.717, 1.165) is 22.5 Å². The monoisotopic (exact) mass is 279 g/mol. The Bertz CT molecular complexity index is 806. The van der Waals surface area contributed by atoms with Gasteiger partial charge in [0.15, 0.2) is 0 Å². The molecule has 2 heterocycles. The van der Waals surface area contributed by atoms with Crippen molar-refractivity contribution >= 4 is 11.0 Å². The van der Waals surface area contributed by atoms with Crippen molar-refractivity contribution in [2.75, 3.05) is 6.61 Å².